The monoisotopic (exact) mass is 424 g/mol. The Bertz CT molecular complexity index is 1190. The maximum absolute atomic E-state index is 13.2. The second kappa shape index (κ2) is 8.04. The molecule has 1 aliphatic rings. The maximum Gasteiger partial charge on any atom is 0.253 e. The minimum absolute atomic E-state index is 0.141. The van der Waals surface area contributed by atoms with E-state index in [4.69, 9.17) is 0 Å². The summed E-state index contributed by atoms with van der Waals surface area (Å²) in [7, 11) is -0.182. The van der Waals surface area contributed by atoms with Crippen LogP contribution in [0.2, 0.25) is 0 Å². The van der Waals surface area contributed by atoms with E-state index in [0.29, 0.717) is 31.6 Å². The molecule has 3 aromatic rings. The first-order chi connectivity index (χ1) is 14.3. The predicted molar refractivity (Wildman–Crippen MR) is 113 cm³/mol. The molecule has 1 amide bonds. The van der Waals surface area contributed by atoms with Gasteiger partial charge >= 0.3 is 0 Å². The van der Waals surface area contributed by atoms with Gasteiger partial charge in [-0.25, -0.2) is 8.42 Å². The zero-order valence-corrected chi connectivity index (χ0v) is 17.8. The van der Waals surface area contributed by atoms with E-state index in [1.54, 1.807) is 41.0 Å². The van der Waals surface area contributed by atoms with Crippen LogP contribution in [0.1, 0.15) is 27.0 Å². The smallest absolute Gasteiger partial charge is 0.253 e. The summed E-state index contributed by atoms with van der Waals surface area (Å²) >= 11 is 0. The van der Waals surface area contributed by atoms with Gasteiger partial charge in [0.1, 0.15) is 0 Å². The summed E-state index contributed by atoms with van der Waals surface area (Å²) in [6.07, 6.45) is 4.24. The van der Waals surface area contributed by atoms with Crippen molar-refractivity contribution in [3.8, 4) is 0 Å². The Balaban J connectivity index is 1.54. The van der Waals surface area contributed by atoms with Crippen LogP contribution in [0.4, 0.5) is 0 Å². The molecule has 0 aliphatic carbocycles. The van der Waals surface area contributed by atoms with E-state index in [0.717, 1.165) is 11.1 Å². The number of hydrogen-bond donors (Lipinski definition) is 0. The molecule has 4 rings (SSSR count). The van der Waals surface area contributed by atoms with E-state index in [1.807, 2.05) is 37.5 Å². The van der Waals surface area contributed by atoms with Gasteiger partial charge in [0.2, 0.25) is 10.0 Å². The molecule has 0 saturated heterocycles. The molecule has 30 heavy (non-hydrogen) atoms. The van der Waals surface area contributed by atoms with Crippen LogP contribution in [0.5, 0.6) is 0 Å². The van der Waals surface area contributed by atoms with Crippen molar-refractivity contribution in [2.75, 3.05) is 13.6 Å². The number of fused-ring (bicyclic) bond motifs is 1. The van der Waals surface area contributed by atoms with Crippen molar-refractivity contribution >= 4 is 15.9 Å². The molecule has 1 aromatic heterocycles. The Labute approximate surface area is 176 Å². The highest BCUT2D eigenvalue weighted by Gasteiger charge is 2.29. The third-order valence-electron chi connectivity index (χ3n) is 5.34. The average molecular weight is 425 g/mol. The molecule has 0 bridgehead atoms. The number of benzene rings is 2. The molecule has 2 aromatic carbocycles. The summed E-state index contributed by atoms with van der Waals surface area (Å²) in [6.45, 7) is 1.17. The van der Waals surface area contributed by atoms with Crippen molar-refractivity contribution in [2.45, 2.75) is 24.4 Å². The number of aromatic nitrogens is 2. The van der Waals surface area contributed by atoms with Crippen LogP contribution in [0, 0.1) is 0 Å². The molecule has 0 atom stereocenters. The van der Waals surface area contributed by atoms with E-state index < -0.39 is 10.0 Å². The minimum atomic E-state index is -3.69. The molecule has 0 spiro atoms. The van der Waals surface area contributed by atoms with Gasteiger partial charge in [-0.1, -0.05) is 30.3 Å². The number of carbonyl (C=O) groups is 1. The van der Waals surface area contributed by atoms with Gasteiger partial charge in [-0.15, -0.1) is 0 Å². The van der Waals surface area contributed by atoms with Crippen molar-refractivity contribution < 1.29 is 13.2 Å². The summed E-state index contributed by atoms with van der Waals surface area (Å²) < 4.78 is 29.6. The van der Waals surface area contributed by atoms with Gasteiger partial charge in [-0.05, 0) is 35.7 Å². The first-order valence-electron chi connectivity index (χ1n) is 9.74. The van der Waals surface area contributed by atoms with Gasteiger partial charge in [0.25, 0.3) is 5.91 Å². The summed E-state index contributed by atoms with van der Waals surface area (Å²) in [5.41, 5.74) is 3.46. The number of nitrogens with zero attached hydrogens (tertiary/aromatic N) is 4. The average Bonchev–Trinajstić information content (AvgIpc) is 3.17. The fourth-order valence-electron chi connectivity index (χ4n) is 3.73. The van der Waals surface area contributed by atoms with E-state index in [-0.39, 0.29) is 10.8 Å². The predicted octanol–water partition coefficient (Wildman–Crippen LogP) is 2.44. The van der Waals surface area contributed by atoms with Crippen molar-refractivity contribution in [1.82, 2.24) is 19.0 Å². The quantitative estimate of drug-likeness (QED) is 0.631. The van der Waals surface area contributed by atoms with Crippen LogP contribution in [-0.4, -0.2) is 46.9 Å². The zero-order chi connectivity index (χ0) is 21.3. The fourth-order valence-corrected chi connectivity index (χ4v) is 5.20. The molecule has 0 fully saturated rings. The number of carbonyl (C=O) groups excluding carboxylic acids is 1. The Hall–Kier alpha value is -2.97. The standard InChI is InChI=1S/C22H24N4O3S/c1-24(14-17-13-23-25(2)15-17)22(27)19-8-5-9-21(12-19)30(28,29)26-11-10-18-6-3-4-7-20(18)16-26/h3-9,12-13,15H,10-11,14,16H2,1-2H3. The largest absolute Gasteiger partial charge is 0.337 e. The lowest BCUT2D eigenvalue weighted by atomic mass is 10.0. The highest BCUT2D eigenvalue weighted by molar-refractivity contribution is 7.89. The molecule has 1 aliphatic heterocycles. The number of sulfonamides is 1. The summed E-state index contributed by atoms with van der Waals surface area (Å²) in [5, 5.41) is 4.11. The van der Waals surface area contributed by atoms with E-state index in [2.05, 4.69) is 5.10 Å². The highest BCUT2D eigenvalue weighted by Crippen LogP contribution is 2.25. The van der Waals surface area contributed by atoms with Crippen molar-refractivity contribution in [1.29, 1.82) is 0 Å². The summed E-state index contributed by atoms with van der Waals surface area (Å²) in [6, 6.07) is 14.2. The molecule has 156 valence electrons. The molecule has 0 radical (unpaired) electrons. The lowest BCUT2D eigenvalue weighted by Gasteiger charge is -2.28. The molecule has 7 nitrogen and oxygen atoms in total. The SMILES string of the molecule is CN(Cc1cnn(C)c1)C(=O)c1cccc(S(=O)(=O)N2CCc3ccccc3C2)c1. The Morgan fingerprint density at radius 3 is 2.63 bits per heavy atom. The van der Waals surface area contributed by atoms with Gasteiger partial charge in [0.05, 0.1) is 11.1 Å². The molecule has 0 saturated carbocycles. The Morgan fingerprint density at radius 2 is 1.90 bits per heavy atom. The van der Waals surface area contributed by atoms with Gasteiger partial charge < -0.3 is 4.90 Å². The normalized spacial score (nSPS) is 14.3. The number of hydrogen-bond acceptors (Lipinski definition) is 4. The van der Waals surface area contributed by atoms with Gasteiger partial charge in [0.15, 0.2) is 0 Å². The Kier molecular flexibility index (Phi) is 5.44. The molecule has 0 N–H and O–H groups in total. The van der Waals surface area contributed by atoms with Crippen LogP contribution in [0.15, 0.2) is 65.8 Å². The molecular weight excluding hydrogens is 400 g/mol. The second-order valence-electron chi connectivity index (χ2n) is 7.57. The molecule has 0 unspecified atom stereocenters. The van der Waals surface area contributed by atoms with Crippen LogP contribution < -0.4 is 0 Å². The van der Waals surface area contributed by atoms with E-state index >= 15 is 0 Å². The van der Waals surface area contributed by atoms with E-state index in [1.165, 1.54) is 15.9 Å². The third-order valence-corrected chi connectivity index (χ3v) is 7.18. The van der Waals surface area contributed by atoms with Crippen LogP contribution in [-0.2, 0) is 36.6 Å². The van der Waals surface area contributed by atoms with Crippen LogP contribution in [0.3, 0.4) is 0 Å². The lowest BCUT2D eigenvalue weighted by Crippen LogP contribution is -2.36. The topological polar surface area (TPSA) is 75.5 Å². The Morgan fingerprint density at radius 1 is 1.13 bits per heavy atom. The maximum atomic E-state index is 13.2. The zero-order valence-electron chi connectivity index (χ0n) is 17.0. The molecular formula is C22H24N4O3S. The first kappa shape index (κ1) is 20.3. The number of rotatable bonds is 5. The van der Waals surface area contributed by atoms with Gasteiger partial charge in [0, 0.05) is 51.1 Å². The lowest BCUT2D eigenvalue weighted by molar-refractivity contribution is 0.0785. The third kappa shape index (κ3) is 4.01. The second-order valence-corrected chi connectivity index (χ2v) is 9.51. The highest BCUT2D eigenvalue weighted by atomic mass is 32.2. The fraction of sp³-hybridized carbons (Fsp3) is 0.273. The van der Waals surface area contributed by atoms with Gasteiger partial charge in [-0.3, -0.25) is 9.48 Å². The molecule has 8 heteroatoms. The first-order valence-corrected chi connectivity index (χ1v) is 11.2. The minimum Gasteiger partial charge on any atom is -0.337 e. The van der Waals surface area contributed by atoms with E-state index in [9.17, 15) is 13.2 Å². The van der Waals surface area contributed by atoms with Crippen LogP contribution >= 0.6 is 0 Å². The van der Waals surface area contributed by atoms with Crippen molar-refractivity contribution in [3.63, 3.8) is 0 Å². The van der Waals surface area contributed by atoms with Crippen molar-refractivity contribution in [3.05, 3.63) is 83.2 Å². The number of aryl methyl sites for hydroxylation is 1. The van der Waals surface area contributed by atoms with Gasteiger partial charge in [-0.2, -0.15) is 9.40 Å². The number of amides is 1. The summed E-state index contributed by atoms with van der Waals surface area (Å²) in [5.74, 6) is -0.236. The van der Waals surface area contributed by atoms with Crippen LogP contribution in [0.25, 0.3) is 0 Å². The summed E-state index contributed by atoms with van der Waals surface area (Å²) in [4.78, 5) is 14.6. The molecule has 2 heterocycles. The van der Waals surface area contributed by atoms with Crippen molar-refractivity contribution in [2.24, 2.45) is 7.05 Å².